The van der Waals surface area contributed by atoms with Crippen molar-refractivity contribution >= 4 is 19.9 Å². The second kappa shape index (κ2) is 7.17. The molecule has 0 amide bonds. The zero-order valence-electron chi connectivity index (χ0n) is 16.7. The van der Waals surface area contributed by atoms with Crippen molar-refractivity contribution in [2.24, 2.45) is 0 Å². The maximum Gasteiger partial charge on any atom is 0.243 e. The number of aryl methyl sites for hydroxylation is 2. The van der Waals surface area contributed by atoms with Crippen molar-refractivity contribution < 1.29 is 21.6 Å². The number of sulfonamides is 1. The summed E-state index contributed by atoms with van der Waals surface area (Å²) < 4.78 is 58.3. The molecule has 1 fully saturated rings. The van der Waals surface area contributed by atoms with Crippen LogP contribution in [0, 0.1) is 27.7 Å². The summed E-state index contributed by atoms with van der Waals surface area (Å²) in [6.07, 6.45) is 0. The molecule has 0 aliphatic carbocycles. The zero-order valence-corrected chi connectivity index (χ0v) is 18.3. The van der Waals surface area contributed by atoms with E-state index in [1.54, 1.807) is 26.0 Å². The molecule has 1 aliphatic rings. The molecular weight excluding hydrogens is 398 g/mol. The van der Waals surface area contributed by atoms with E-state index in [9.17, 15) is 16.8 Å². The molecule has 1 saturated heterocycles. The van der Waals surface area contributed by atoms with Crippen molar-refractivity contribution in [3.05, 3.63) is 52.6 Å². The van der Waals surface area contributed by atoms with Gasteiger partial charge in [-0.1, -0.05) is 6.07 Å². The highest BCUT2D eigenvalue weighted by Crippen LogP contribution is 2.33. The highest BCUT2D eigenvalue weighted by atomic mass is 32.2. The Kier molecular flexibility index (Phi) is 5.33. The minimum absolute atomic E-state index is 0.0391. The van der Waals surface area contributed by atoms with E-state index >= 15 is 0 Å². The first-order valence-corrected chi connectivity index (χ1v) is 11.9. The van der Waals surface area contributed by atoms with Crippen LogP contribution in [0.2, 0.25) is 0 Å². The monoisotopic (exact) mass is 423 g/mol. The Hall–Kier alpha value is -1.90. The highest BCUT2D eigenvalue weighted by molar-refractivity contribution is 7.92. The number of methoxy groups -OCH3 is 1. The Morgan fingerprint density at radius 2 is 1.39 bits per heavy atom. The quantitative estimate of drug-likeness (QED) is 0.739. The first kappa shape index (κ1) is 20.8. The fourth-order valence-corrected chi connectivity index (χ4v) is 7.40. The molecule has 0 aromatic heterocycles. The number of hydrogen-bond donors (Lipinski definition) is 0. The van der Waals surface area contributed by atoms with E-state index < -0.39 is 25.1 Å². The Labute approximate surface area is 167 Å². The lowest BCUT2D eigenvalue weighted by molar-refractivity contribution is 0.309. The van der Waals surface area contributed by atoms with Crippen molar-refractivity contribution in [2.75, 3.05) is 20.2 Å². The van der Waals surface area contributed by atoms with Crippen LogP contribution in [0.15, 0.2) is 40.1 Å². The average Bonchev–Trinajstić information content (AvgIpc) is 2.58. The van der Waals surface area contributed by atoms with Crippen LogP contribution in [-0.4, -0.2) is 46.6 Å². The lowest BCUT2D eigenvalue weighted by atomic mass is 10.0. The summed E-state index contributed by atoms with van der Waals surface area (Å²) in [5, 5.41) is -0.748. The van der Waals surface area contributed by atoms with Crippen LogP contribution in [0.4, 0.5) is 0 Å². The molecule has 0 saturated carbocycles. The maximum atomic E-state index is 13.2. The predicted molar refractivity (Wildman–Crippen MR) is 108 cm³/mol. The van der Waals surface area contributed by atoms with Crippen LogP contribution in [0.1, 0.15) is 22.3 Å². The second-order valence-electron chi connectivity index (χ2n) is 7.25. The number of sulfone groups is 1. The maximum absolute atomic E-state index is 13.2. The standard InChI is InChI=1S/C20H25NO5S2/c1-13-10-14(2)16(4)20(15(13)3)28(24,25)21-11-19(12-21)27(22,23)18-8-6-17(26-5)7-9-18/h6-10,19H,11-12H2,1-5H3. The first-order chi connectivity index (χ1) is 13.0. The Morgan fingerprint density at radius 1 is 0.893 bits per heavy atom. The Morgan fingerprint density at radius 3 is 1.86 bits per heavy atom. The molecule has 3 rings (SSSR count). The van der Waals surface area contributed by atoms with Gasteiger partial charge in [0.15, 0.2) is 9.84 Å². The van der Waals surface area contributed by atoms with Crippen molar-refractivity contribution in [2.45, 2.75) is 42.7 Å². The molecule has 0 unspecified atom stereocenters. The van der Waals surface area contributed by atoms with E-state index in [0.717, 1.165) is 11.1 Å². The minimum Gasteiger partial charge on any atom is -0.497 e. The lowest BCUT2D eigenvalue weighted by Crippen LogP contribution is -2.56. The van der Waals surface area contributed by atoms with E-state index in [2.05, 4.69) is 0 Å². The SMILES string of the molecule is COc1ccc(S(=O)(=O)C2CN(S(=O)(=O)c3c(C)c(C)cc(C)c3C)C2)cc1. The molecule has 2 aromatic carbocycles. The molecule has 152 valence electrons. The molecule has 0 N–H and O–H groups in total. The summed E-state index contributed by atoms with van der Waals surface area (Å²) in [6.45, 7) is 7.27. The van der Waals surface area contributed by atoms with E-state index in [1.807, 2.05) is 19.9 Å². The van der Waals surface area contributed by atoms with Crippen LogP contribution in [-0.2, 0) is 19.9 Å². The number of nitrogens with zero attached hydrogens (tertiary/aromatic N) is 1. The summed E-state index contributed by atoms with van der Waals surface area (Å²) in [6, 6.07) is 8.12. The summed E-state index contributed by atoms with van der Waals surface area (Å²) in [5.74, 6) is 0.567. The Balaban J connectivity index is 1.86. The van der Waals surface area contributed by atoms with Gasteiger partial charge in [-0.15, -0.1) is 0 Å². The van der Waals surface area contributed by atoms with Gasteiger partial charge in [0.1, 0.15) is 5.75 Å². The van der Waals surface area contributed by atoms with Crippen LogP contribution >= 0.6 is 0 Å². The first-order valence-electron chi connectivity index (χ1n) is 8.95. The van der Waals surface area contributed by atoms with Crippen LogP contribution in [0.3, 0.4) is 0 Å². The van der Waals surface area contributed by atoms with Gasteiger partial charge in [0.05, 0.1) is 22.2 Å². The van der Waals surface area contributed by atoms with Gasteiger partial charge in [-0.3, -0.25) is 0 Å². The topological polar surface area (TPSA) is 80.8 Å². The fourth-order valence-electron chi connectivity index (χ4n) is 3.45. The molecular formula is C20H25NO5S2. The van der Waals surface area contributed by atoms with Crippen molar-refractivity contribution in [1.29, 1.82) is 0 Å². The molecule has 28 heavy (non-hydrogen) atoms. The van der Waals surface area contributed by atoms with Crippen molar-refractivity contribution in [3.63, 3.8) is 0 Å². The van der Waals surface area contributed by atoms with Crippen molar-refractivity contribution in [3.8, 4) is 5.75 Å². The van der Waals surface area contributed by atoms with Gasteiger partial charge in [0.25, 0.3) is 0 Å². The number of hydrogen-bond acceptors (Lipinski definition) is 5. The Bertz CT molecular complexity index is 1090. The number of rotatable bonds is 5. The summed E-state index contributed by atoms with van der Waals surface area (Å²) >= 11 is 0. The van der Waals surface area contributed by atoms with Gasteiger partial charge in [-0.25, -0.2) is 16.8 Å². The summed E-state index contributed by atoms with van der Waals surface area (Å²) in [7, 11) is -5.84. The molecule has 0 radical (unpaired) electrons. The number of benzene rings is 2. The third-order valence-electron chi connectivity index (χ3n) is 5.54. The van der Waals surface area contributed by atoms with Gasteiger partial charge in [0.2, 0.25) is 10.0 Å². The van der Waals surface area contributed by atoms with Gasteiger partial charge < -0.3 is 4.74 Å². The molecule has 6 nitrogen and oxygen atoms in total. The molecule has 0 bridgehead atoms. The van der Waals surface area contributed by atoms with Crippen LogP contribution in [0.5, 0.6) is 5.75 Å². The van der Waals surface area contributed by atoms with E-state index in [4.69, 9.17) is 4.74 Å². The number of ether oxygens (including phenoxy) is 1. The lowest BCUT2D eigenvalue weighted by Gasteiger charge is -2.38. The van der Waals surface area contributed by atoms with Gasteiger partial charge >= 0.3 is 0 Å². The van der Waals surface area contributed by atoms with Crippen LogP contribution < -0.4 is 4.74 Å². The van der Waals surface area contributed by atoms with E-state index in [0.29, 0.717) is 21.8 Å². The molecule has 8 heteroatoms. The minimum atomic E-state index is -3.75. The van der Waals surface area contributed by atoms with Gasteiger partial charge in [-0.2, -0.15) is 4.31 Å². The zero-order chi connectivity index (χ0) is 20.9. The van der Waals surface area contributed by atoms with Gasteiger partial charge in [0, 0.05) is 13.1 Å². The smallest absolute Gasteiger partial charge is 0.243 e. The molecule has 1 heterocycles. The average molecular weight is 424 g/mol. The third kappa shape index (κ3) is 3.33. The largest absolute Gasteiger partial charge is 0.497 e. The van der Waals surface area contributed by atoms with Crippen LogP contribution in [0.25, 0.3) is 0 Å². The molecule has 0 spiro atoms. The van der Waals surface area contributed by atoms with Gasteiger partial charge in [-0.05, 0) is 74.2 Å². The second-order valence-corrected chi connectivity index (χ2v) is 11.4. The molecule has 2 aromatic rings. The van der Waals surface area contributed by atoms with Crippen molar-refractivity contribution in [1.82, 2.24) is 4.31 Å². The fraction of sp³-hybridized carbons (Fsp3) is 0.400. The highest BCUT2D eigenvalue weighted by Gasteiger charge is 2.45. The third-order valence-corrected chi connectivity index (χ3v) is 9.75. The van der Waals surface area contributed by atoms with E-state index in [-0.39, 0.29) is 18.0 Å². The normalized spacial score (nSPS) is 16.0. The summed E-state index contributed by atoms with van der Waals surface area (Å²) in [4.78, 5) is 0.472. The predicted octanol–water partition coefficient (Wildman–Crippen LogP) is 2.78. The molecule has 0 atom stereocenters. The van der Waals surface area contributed by atoms with E-state index in [1.165, 1.54) is 23.5 Å². The summed E-state index contributed by atoms with van der Waals surface area (Å²) in [5.41, 5.74) is 3.24. The molecule has 1 aliphatic heterocycles.